The normalized spacial score (nSPS) is 12.0. The number of benzene rings is 1. The van der Waals surface area contributed by atoms with Gasteiger partial charge in [-0.15, -0.1) is 0 Å². The number of rotatable bonds is 4. The molecule has 1 atom stereocenters. The van der Waals surface area contributed by atoms with Crippen LogP contribution in [0.3, 0.4) is 0 Å². The Morgan fingerprint density at radius 2 is 2.08 bits per heavy atom. The minimum Gasteiger partial charge on any atom is -0.337 e. The third kappa shape index (κ3) is 3.29. The number of nitrogens with zero attached hydrogens (tertiary/aromatic N) is 4. The van der Waals surface area contributed by atoms with Gasteiger partial charge in [-0.25, -0.2) is 14.4 Å². The van der Waals surface area contributed by atoms with E-state index in [1.807, 2.05) is 7.05 Å². The van der Waals surface area contributed by atoms with Crippen molar-refractivity contribution in [2.45, 2.75) is 13.0 Å². The van der Waals surface area contributed by atoms with Crippen molar-refractivity contribution in [2.24, 2.45) is 7.05 Å². The molecule has 2 aromatic heterocycles. The number of aromatic nitrogens is 4. The van der Waals surface area contributed by atoms with E-state index < -0.39 is 11.9 Å². The molecule has 122 valence electrons. The Morgan fingerprint density at radius 1 is 1.25 bits per heavy atom. The molecule has 0 saturated carbocycles. The second-order valence-electron chi connectivity index (χ2n) is 5.40. The highest BCUT2D eigenvalue weighted by atomic mass is 19.1. The zero-order valence-corrected chi connectivity index (χ0v) is 13.3. The van der Waals surface area contributed by atoms with E-state index in [4.69, 9.17) is 0 Å². The van der Waals surface area contributed by atoms with Crippen molar-refractivity contribution in [3.05, 3.63) is 77.6 Å². The molecule has 7 heteroatoms. The van der Waals surface area contributed by atoms with Gasteiger partial charge in [0.1, 0.15) is 23.4 Å². The Bertz CT molecular complexity index is 859. The predicted octanol–water partition coefficient (Wildman–Crippen LogP) is 2.18. The lowest BCUT2D eigenvalue weighted by Gasteiger charge is -2.19. The van der Waals surface area contributed by atoms with Crippen molar-refractivity contribution in [1.29, 1.82) is 0 Å². The highest BCUT2D eigenvalue weighted by molar-refractivity contribution is 5.92. The van der Waals surface area contributed by atoms with Gasteiger partial charge >= 0.3 is 0 Å². The first kappa shape index (κ1) is 15.8. The zero-order chi connectivity index (χ0) is 17.1. The predicted molar refractivity (Wildman–Crippen MR) is 85.7 cm³/mol. The quantitative estimate of drug-likeness (QED) is 0.798. The molecule has 0 aliphatic rings. The molecule has 6 nitrogen and oxygen atoms in total. The average molecular weight is 325 g/mol. The maximum atomic E-state index is 13.6. The first-order valence-electron chi connectivity index (χ1n) is 7.37. The van der Waals surface area contributed by atoms with Crippen LogP contribution in [0.15, 0.2) is 49.1 Å². The summed E-state index contributed by atoms with van der Waals surface area (Å²) in [5.74, 6) is -0.190. The lowest BCUT2D eigenvalue weighted by molar-refractivity contribution is 0.0935. The van der Waals surface area contributed by atoms with E-state index in [9.17, 15) is 9.18 Å². The highest BCUT2D eigenvalue weighted by Crippen LogP contribution is 2.21. The lowest BCUT2D eigenvalue weighted by atomic mass is 10.1. The van der Waals surface area contributed by atoms with Crippen LogP contribution in [0.5, 0.6) is 0 Å². The summed E-state index contributed by atoms with van der Waals surface area (Å²) in [6, 6.07) is 5.46. The van der Waals surface area contributed by atoms with E-state index >= 15 is 0 Å². The Labute approximate surface area is 138 Å². The Kier molecular flexibility index (Phi) is 4.33. The summed E-state index contributed by atoms with van der Waals surface area (Å²) in [4.78, 5) is 24.9. The molecule has 2 heterocycles. The van der Waals surface area contributed by atoms with Crippen molar-refractivity contribution in [3.63, 3.8) is 0 Å². The van der Waals surface area contributed by atoms with Gasteiger partial charge in [-0.3, -0.25) is 9.78 Å². The molecule has 0 aliphatic heterocycles. The molecule has 0 aliphatic carbocycles. The van der Waals surface area contributed by atoms with Crippen molar-refractivity contribution in [1.82, 2.24) is 24.8 Å². The average Bonchev–Trinajstić information content (AvgIpc) is 2.99. The van der Waals surface area contributed by atoms with Gasteiger partial charge in [-0.2, -0.15) is 0 Å². The minimum atomic E-state index is -0.601. The molecule has 1 aromatic carbocycles. The zero-order valence-electron chi connectivity index (χ0n) is 13.3. The largest absolute Gasteiger partial charge is 0.337 e. The fourth-order valence-corrected chi connectivity index (χ4v) is 2.35. The van der Waals surface area contributed by atoms with E-state index in [1.165, 1.54) is 24.5 Å². The number of nitrogens with one attached hydrogen (secondary N) is 1. The van der Waals surface area contributed by atoms with Crippen LogP contribution in [0, 0.1) is 12.7 Å². The minimum absolute atomic E-state index is 0.191. The molecular formula is C17H16FN5O. The molecule has 1 N–H and O–H groups in total. The highest BCUT2D eigenvalue weighted by Gasteiger charge is 2.22. The van der Waals surface area contributed by atoms with Crippen LogP contribution in [0.4, 0.5) is 4.39 Å². The standard InChI is InChI=1S/C17H16FN5O/c1-11-9-21-14(10-20-11)17(24)22-15(16-19-6-7-23(16)2)12-4-3-5-13(18)8-12/h3-10,15H,1-2H3,(H,22,24)/t15-/m1/s1. The molecule has 24 heavy (non-hydrogen) atoms. The van der Waals surface area contributed by atoms with Gasteiger partial charge < -0.3 is 9.88 Å². The number of hydrogen-bond donors (Lipinski definition) is 1. The van der Waals surface area contributed by atoms with Crippen LogP contribution < -0.4 is 5.32 Å². The van der Waals surface area contributed by atoms with Gasteiger partial charge in [0.15, 0.2) is 0 Å². The summed E-state index contributed by atoms with van der Waals surface area (Å²) in [6.45, 7) is 1.79. The Balaban J connectivity index is 1.95. The Hall–Kier alpha value is -3.09. The van der Waals surface area contributed by atoms with Crippen LogP contribution in [0.25, 0.3) is 0 Å². The summed E-state index contributed by atoms with van der Waals surface area (Å²) in [5.41, 5.74) is 1.51. The number of carbonyl (C=O) groups excluding carboxylic acids is 1. The molecule has 3 aromatic rings. The van der Waals surface area contributed by atoms with Gasteiger partial charge in [0.2, 0.25) is 0 Å². The van der Waals surface area contributed by atoms with E-state index in [0.29, 0.717) is 11.4 Å². The molecule has 0 unspecified atom stereocenters. The van der Waals surface area contributed by atoms with Crippen molar-refractivity contribution in [3.8, 4) is 0 Å². The van der Waals surface area contributed by atoms with Gasteiger partial charge in [-0.1, -0.05) is 12.1 Å². The number of halogens is 1. The molecule has 0 fully saturated rings. The van der Waals surface area contributed by atoms with Crippen molar-refractivity contribution >= 4 is 5.91 Å². The summed E-state index contributed by atoms with van der Waals surface area (Å²) in [6.07, 6.45) is 6.32. The first-order chi connectivity index (χ1) is 11.5. The van der Waals surface area contributed by atoms with Crippen LogP contribution in [-0.4, -0.2) is 25.4 Å². The maximum Gasteiger partial charge on any atom is 0.272 e. The molecule has 0 bridgehead atoms. The van der Waals surface area contributed by atoms with Crippen LogP contribution in [0.1, 0.15) is 33.6 Å². The van der Waals surface area contributed by atoms with E-state index in [2.05, 4.69) is 20.3 Å². The Morgan fingerprint density at radius 3 is 2.71 bits per heavy atom. The number of imidazole rings is 1. The van der Waals surface area contributed by atoms with Crippen molar-refractivity contribution < 1.29 is 9.18 Å². The molecule has 3 rings (SSSR count). The van der Waals surface area contributed by atoms with Crippen molar-refractivity contribution in [2.75, 3.05) is 0 Å². The van der Waals surface area contributed by atoms with Crippen LogP contribution in [-0.2, 0) is 7.05 Å². The number of hydrogen-bond acceptors (Lipinski definition) is 4. The number of aryl methyl sites for hydroxylation is 2. The topological polar surface area (TPSA) is 72.7 Å². The van der Waals surface area contributed by atoms with Gasteiger partial charge in [0.25, 0.3) is 5.91 Å². The lowest BCUT2D eigenvalue weighted by Crippen LogP contribution is -2.31. The number of carbonyl (C=O) groups is 1. The molecule has 1 amide bonds. The van der Waals surface area contributed by atoms with E-state index in [0.717, 1.165) is 5.69 Å². The first-order valence-corrected chi connectivity index (χ1v) is 7.37. The molecule has 0 spiro atoms. The second-order valence-corrected chi connectivity index (χ2v) is 5.40. The summed E-state index contributed by atoms with van der Waals surface area (Å²) in [7, 11) is 1.81. The molecule has 0 saturated heterocycles. The van der Waals surface area contributed by atoms with Crippen LogP contribution >= 0.6 is 0 Å². The monoisotopic (exact) mass is 325 g/mol. The third-order valence-corrected chi connectivity index (χ3v) is 3.59. The van der Waals surface area contributed by atoms with Crippen LogP contribution in [0.2, 0.25) is 0 Å². The maximum absolute atomic E-state index is 13.6. The fraction of sp³-hybridized carbons (Fsp3) is 0.176. The van der Waals surface area contributed by atoms with Gasteiger partial charge in [0.05, 0.1) is 11.9 Å². The van der Waals surface area contributed by atoms with Gasteiger partial charge in [-0.05, 0) is 24.6 Å². The SMILES string of the molecule is Cc1cnc(C(=O)N[C@H](c2cccc(F)c2)c2nccn2C)cn1. The summed E-state index contributed by atoms with van der Waals surface area (Å²) in [5, 5.41) is 2.85. The summed E-state index contributed by atoms with van der Waals surface area (Å²) < 4.78 is 15.4. The fourth-order valence-electron chi connectivity index (χ4n) is 2.35. The number of amides is 1. The van der Waals surface area contributed by atoms with Gasteiger partial charge in [0, 0.05) is 25.6 Å². The third-order valence-electron chi connectivity index (χ3n) is 3.59. The molecular weight excluding hydrogens is 309 g/mol. The summed E-state index contributed by atoms with van der Waals surface area (Å²) >= 11 is 0. The van der Waals surface area contributed by atoms with E-state index in [-0.39, 0.29) is 11.5 Å². The smallest absolute Gasteiger partial charge is 0.272 e. The van der Waals surface area contributed by atoms with E-state index in [1.54, 1.807) is 36.0 Å². The molecule has 0 radical (unpaired) electrons. The second kappa shape index (κ2) is 6.57.